The van der Waals surface area contributed by atoms with Gasteiger partial charge in [0.1, 0.15) is 6.10 Å². The highest BCUT2D eigenvalue weighted by atomic mass is 16.5. The van der Waals surface area contributed by atoms with Crippen LogP contribution in [0.25, 0.3) is 0 Å². The normalized spacial score (nSPS) is 25.0. The molecule has 1 fully saturated rings. The fraction of sp³-hybridized carbons (Fsp3) is 0.929. The quantitative estimate of drug-likeness (QED) is 0.650. The molecule has 1 atom stereocenters. The molecule has 0 aromatic rings. The van der Waals surface area contributed by atoms with Crippen molar-refractivity contribution in [3.05, 3.63) is 0 Å². The lowest BCUT2D eigenvalue weighted by atomic mass is 9.88. The molecule has 0 heterocycles. The zero-order valence-electron chi connectivity index (χ0n) is 12.1. The van der Waals surface area contributed by atoms with E-state index < -0.39 is 6.10 Å². The summed E-state index contributed by atoms with van der Waals surface area (Å²) in [4.78, 5) is 11.8. The summed E-state index contributed by atoms with van der Waals surface area (Å²) in [5.41, 5.74) is 0. The summed E-state index contributed by atoms with van der Waals surface area (Å²) in [6, 6.07) is 0. The van der Waals surface area contributed by atoms with E-state index >= 15 is 0 Å². The van der Waals surface area contributed by atoms with E-state index in [4.69, 9.17) is 14.6 Å². The molecule has 0 aromatic heterocycles. The molecule has 2 N–H and O–H groups in total. The number of nitrogens with one attached hydrogen (secondary N) is 1. The maximum Gasteiger partial charge on any atom is 0.248 e. The van der Waals surface area contributed by atoms with Crippen molar-refractivity contribution in [2.45, 2.75) is 51.2 Å². The van der Waals surface area contributed by atoms with Gasteiger partial charge in [0.25, 0.3) is 0 Å². The van der Waals surface area contributed by atoms with Crippen LogP contribution in [0.5, 0.6) is 0 Å². The lowest BCUT2D eigenvalue weighted by molar-refractivity contribution is -0.137. The van der Waals surface area contributed by atoms with Crippen molar-refractivity contribution in [1.29, 1.82) is 0 Å². The van der Waals surface area contributed by atoms with E-state index in [0.29, 0.717) is 19.1 Å². The summed E-state index contributed by atoms with van der Waals surface area (Å²) in [6.07, 6.45) is 4.42. The molecule has 0 bridgehead atoms. The molecular weight excluding hydrogens is 246 g/mol. The van der Waals surface area contributed by atoms with Gasteiger partial charge in [-0.1, -0.05) is 0 Å². The van der Waals surface area contributed by atoms with Crippen LogP contribution in [0.2, 0.25) is 0 Å². The van der Waals surface area contributed by atoms with Crippen molar-refractivity contribution >= 4 is 5.91 Å². The predicted molar refractivity (Wildman–Crippen MR) is 72.9 cm³/mol. The summed E-state index contributed by atoms with van der Waals surface area (Å²) in [7, 11) is 1.65. The molecule has 5 heteroatoms. The van der Waals surface area contributed by atoms with Gasteiger partial charge in [-0.3, -0.25) is 4.79 Å². The van der Waals surface area contributed by atoms with Crippen molar-refractivity contribution in [3.8, 4) is 0 Å². The smallest absolute Gasteiger partial charge is 0.248 e. The molecule has 0 spiro atoms. The minimum Gasteiger partial charge on any atom is -0.396 e. The van der Waals surface area contributed by atoms with Crippen molar-refractivity contribution in [1.82, 2.24) is 5.32 Å². The number of methoxy groups -OCH3 is 1. The van der Waals surface area contributed by atoms with Crippen molar-refractivity contribution < 1.29 is 19.4 Å². The van der Waals surface area contributed by atoms with Gasteiger partial charge in [-0.2, -0.15) is 0 Å². The Hall–Kier alpha value is -0.650. The number of carbonyl (C=O) groups is 1. The first-order chi connectivity index (χ1) is 9.17. The van der Waals surface area contributed by atoms with E-state index in [1.807, 2.05) is 0 Å². The first-order valence-electron chi connectivity index (χ1n) is 7.20. The van der Waals surface area contributed by atoms with Crippen LogP contribution >= 0.6 is 0 Å². The SMILES string of the molecule is COCCCNC(=O)C(C)OC1CCC(CO)CC1. The van der Waals surface area contributed by atoms with Crippen LogP contribution in [-0.2, 0) is 14.3 Å². The standard InChI is InChI=1S/C14H27NO4/c1-11(14(17)15-8-3-9-18-2)19-13-6-4-12(10-16)5-7-13/h11-13,16H,3-10H2,1-2H3,(H,15,17). The summed E-state index contributed by atoms with van der Waals surface area (Å²) in [6.45, 7) is 3.34. The van der Waals surface area contributed by atoms with E-state index in [2.05, 4.69) is 5.32 Å². The van der Waals surface area contributed by atoms with E-state index in [1.54, 1.807) is 14.0 Å². The molecular formula is C14H27NO4. The number of ether oxygens (including phenoxy) is 2. The predicted octanol–water partition coefficient (Wildman–Crippen LogP) is 1.10. The van der Waals surface area contributed by atoms with Gasteiger partial charge in [-0.05, 0) is 44.9 Å². The summed E-state index contributed by atoms with van der Waals surface area (Å²) >= 11 is 0. The van der Waals surface area contributed by atoms with Gasteiger partial charge >= 0.3 is 0 Å². The first-order valence-corrected chi connectivity index (χ1v) is 7.20. The second kappa shape index (κ2) is 9.28. The molecule has 0 saturated heterocycles. The fourth-order valence-corrected chi connectivity index (χ4v) is 2.37. The number of carbonyl (C=O) groups excluding carboxylic acids is 1. The Kier molecular flexibility index (Phi) is 8.02. The molecule has 5 nitrogen and oxygen atoms in total. The number of rotatable bonds is 8. The second-order valence-electron chi connectivity index (χ2n) is 5.24. The van der Waals surface area contributed by atoms with Crippen molar-refractivity contribution in [2.24, 2.45) is 5.92 Å². The molecule has 1 unspecified atom stereocenters. The first kappa shape index (κ1) is 16.4. The largest absolute Gasteiger partial charge is 0.396 e. The van der Waals surface area contributed by atoms with E-state index in [-0.39, 0.29) is 18.6 Å². The Morgan fingerprint density at radius 2 is 2.05 bits per heavy atom. The minimum absolute atomic E-state index is 0.0552. The zero-order chi connectivity index (χ0) is 14.1. The maximum absolute atomic E-state index is 11.8. The Balaban J connectivity index is 2.15. The van der Waals surface area contributed by atoms with E-state index in [1.165, 1.54) is 0 Å². The number of hydrogen-bond acceptors (Lipinski definition) is 4. The van der Waals surface area contributed by atoms with Crippen LogP contribution in [0.3, 0.4) is 0 Å². The molecule has 112 valence electrons. The lowest BCUT2D eigenvalue weighted by Gasteiger charge is -2.29. The molecule has 1 aliphatic carbocycles. The summed E-state index contributed by atoms with van der Waals surface area (Å²) in [5.74, 6) is 0.360. The van der Waals surface area contributed by atoms with Gasteiger partial charge in [0, 0.05) is 26.9 Å². The molecule has 1 aliphatic rings. The summed E-state index contributed by atoms with van der Waals surface area (Å²) in [5, 5.41) is 11.9. The Bertz CT molecular complexity index is 252. The van der Waals surface area contributed by atoms with Crippen LogP contribution in [0, 0.1) is 5.92 Å². The van der Waals surface area contributed by atoms with Gasteiger partial charge < -0.3 is 19.9 Å². The van der Waals surface area contributed by atoms with Gasteiger partial charge in [0.15, 0.2) is 0 Å². The van der Waals surface area contributed by atoms with Gasteiger partial charge in [0.05, 0.1) is 6.10 Å². The van der Waals surface area contributed by atoms with Crippen molar-refractivity contribution in [2.75, 3.05) is 26.9 Å². The zero-order valence-corrected chi connectivity index (χ0v) is 12.1. The molecule has 0 aromatic carbocycles. The maximum atomic E-state index is 11.8. The number of aliphatic hydroxyl groups is 1. The third-order valence-electron chi connectivity index (χ3n) is 3.64. The highest BCUT2D eigenvalue weighted by Crippen LogP contribution is 2.26. The highest BCUT2D eigenvalue weighted by molar-refractivity contribution is 5.80. The number of aliphatic hydroxyl groups excluding tert-OH is 1. The second-order valence-corrected chi connectivity index (χ2v) is 5.24. The average Bonchev–Trinajstić information content (AvgIpc) is 2.44. The molecule has 1 saturated carbocycles. The van der Waals surface area contributed by atoms with Crippen LogP contribution in [0.1, 0.15) is 39.0 Å². The van der Waals surface area contributed by atoms with E-state index in [9.17, 15) is 4.79 Å². The van der Waals surface area contributed by atoms with Crippen molar-refractivity contribution in [3.63, 3.8) is 0 Å². The number of hydrogen-bond donors (Lipinski definition) is 2. The molecule has 1 rings (SSSR count). The average molecular weight is 273 g/mol. The Morgan fingerprint density at radius 3 is 2.63 bits per heavy atom. The van der Waals surface area contributed by atoms with Crippen LogP contribution in [0.15, 0.2) is 0 Å². The van der Waals surface area contributed by atoms with E-state index in [0.717, 1.165) is 32.1 Å². The molecule has 1 amide bonds. The molecule has 0 aliphatic heterocycles. The topological polar surface area (TPSA) is 67.8 Å². The molecule has 0 radical (unpaired) electrons. The Morgan fingerprint density at radius 1 is 1.37 bits per heavy atom. The summed E-state index contributed by atoms with van der Waals surface area (Å²) < 4.78 is 10.7. The third-order valence-corrected chi connectivity index (χ3v) is 3.64. The molecule has 19 heavy (non-hydrogen) atoms. The van der Waals surface area contributed by atoms with Crippen LogP contribution < -0.4 is 5.32 Å². The van der Waals surface area contributed by atoms with Gasteiger partial charge in [-0.25, -0.2) is 0 Å². The van der Waals surface area contributed by atoms with Gasteiger partial charge in [0.2, 0.25) is 5.91 Å². The monoisotopic (exact) mass is 273 g/mol. The van der Waals surface area contributed by atoms with Crippen LogP contribution in [0.4, 0.5) is 0 Å². The lowest BCUT2D eigenvalue weighted by Crippen LogP contribution is -2.38. The number of amides is 1. The van der Waals surface area contributed by atoms with Crippen LogP contribution in [-0.4, -0.2) is 50.1 Å². The fourth-order valence-electron chi connectivity index (χ4n) is 2.37. The third kappa shape index (κ3) is 6.36. The highest BCUT2D eigenvalue weighted by Gasteiger charge is 2.24. The van der Waals surface area contributed by atoms with Gasteiger partial charge in [-0.15, -0.1) is 0 Å². The minimum atomic E-state index is -0.404. The Labute approximate surface area is 115 Å².